The van der Waals surface area contributed by atoms with Crippen LogP contribution >= 0.6 is 11.8 Å². The number of hydrogen-bond acceptors (Lipinski definition) is 2. The lowest BCUT2D eigenvalue weighted by Gasteiger charge is -2.10. The first-order valence-corrected chi connectivity index (χ1v) is 3.14. The molecule has 1 N–H and O–H groups in total. The molecule has 1 fully saturated rings. The van der Waals surface area contributed by atoms with Gasteiger partial charge in [0.05, 0.1) is 6.54 Å². The Kier molecular flexibility index (Phi) is 1.34. The van der Waals surface area contributed by atoms with E-state index in [4.69, 9.17) is 0 Å². The molecule has 0 aromatic rings. The van der Waals surface area contributed by atoms with Crippen molar-refractivity contribution < 1.29 is 5.06 Å². The Morgan fingerprint density at radius 2 is 2.50 bits per heavy atom. The summed E-state index contributed by atoms with van der Waals surface area (Å²) >= 11 is 1.73. The highest BCUT2D eigenvalue weighted by atomic mass is 32.2. The van der Waals surface area contributed by atoms with E-state index in [0.29, 0.717) is 5.06 Å². The first-order valence-electron chi connectivity index (χ1n) is 1.99. The summed E-state index contributed by atoms with van der Waals surface area (Å²) in [5.74, 6) is 1.82. The van der Waals surface area contributed by atoms with Crippen molar-refractivity contribution >= 4 is 11.8 Å². The lowest BCUT2D eigenvalue weighted by molar-refractivity contribution is -0.825. The molecule has 0 saturated carbocycles. The van der Waals surface area contributed by atoms with Gasteiger partial charge in [-0.15, -0.1) is 0 Å². The van der Waals surface area contributed by atoms with Crippen LogP contribution in [0, 0.1) is 5.21 Å². The van der Waals surface area contributed by atoms with Crippen LogP contribution < -0.4 is 5.06 Å². The molecule has 0 aromatic carbocycles. The van der Waals surface area contributed by atoms with E-state index in [1.54, 1.807) is 11.8 Å². The molecule has 1 heterocycles. The molecule has 1 saturated heterocycles. The summed E-state index contributed by atoms with van der Waals surface area (Å²) in [6.45, 7) is 0.810. The van der Waals surface area contributed by atoms with E-state index in [9.17, 15) is 5.21 Å². The monoisotopic (exact) mass is 105 g/mol. The van der Waals surface area contributed by atoms with Crippen LogP contribution in [-0.4, -0.2) is 18.2 Å². The summed E-state index contributed by atoms with van der Waals surface area (Å²) in [6, 6.07) is 0. The molecule has 1 atom stereocenters. The predicted molar refractivity (Wildman–Crippen MR) is 26.5 cm³/mol. The number of rotatable bonds is 0. The third-order valence-electron chi connectivity index (χ3n) is 0.788. The van der Waals surface area contributed by atoms with Gasteiger partial charge in [0.1, 0.15) is 5.88 Å². The van der Waals surface area contributed by atoms with Crippen LogP contribution in [0.2, 0.25) is 0 Å². The Hall–Kier alpha value is 0.270. The van der Waals surface area contributed by atoms with Crippen molar-refractivity contribution in [1.82, 2.24) is 0 Å². The second-order valence-corrected chi connectivity index (χ2v) is 2.45. The van der Waals surface area contributed by atoms with Crippen molar-refractivity contribution in [2.24, 2.45) is 0 Å². The fraction of sp³-hybridized carbons (Fsp3) is 1.00. The van der Waals surface area contributed by atoms with Gasteiger partial charge in [-0.2, -0.15) is 0 Å². The van der Waals surface area contributed by atoms with E-state index >= 15 is 0 Å². The van der Waals surface area contributed by atoms with Gasteiger partial charge in [0.2, 0.25) is 0 Å². The topological polar surface area (TPSA) is 27.5 Å². The van der Waals surface area contributed by atoms with Gasteiger partial charge in [-0.25, -0.2) is 0 Å². The smallest absolute Gasteiger partial charge is 0.124 e. The van der Waals surface area contributed by atoms with Crippen molar-refractivity contribution in [3.05, 3.63) is 5.21 Å². The molecule has 0 spiro atoms. The van der Waals surface area contributed by atoms with Crippen LogP contribution in [0.5, 0.6) is 0 Å². The molecule has 1 aliphatic rings. The molecule has 2 nitrogen and oxygen atoms in total. The van der Waals surface area contributed by atoms with Gasteiger partial charge in [-0.05, 0) is 0 Å². The van der Waals surface area contributed by atoms with E-state index in [1.165, 1.54) is 0 Å². The van der Waals surface area contributed by atoms with Gasteiger partial charge in [0.25, 0.3) is 0 Å². The molecule has 1 aliphatic heterocycles. The molecule has 1 rings (SSSR count). The lowest BCUT2D eigenvalue weighted by atomic mass is 10.8. The van der Waals surface area contributed by atoms with Gasteiger partial charge in [-0.3, -0.25) is 0 Å². The normalized spacial score (nSPS) is 34.5. The Morgan fingerprint density at radius 3 is 2.67 bits per heavy atom. The maximum Gasteiger partial charge on any atom is 0.124 e. The van der Waals surface area contributed by atoms with Gasteiger partial charge in [0.15, 0.2) is 0 Å². The summed E-state index contributed by atoms with van der Waals surface area (Å²) in [4.78, 5) is 0. The lowest BCUT2D eigenvalue weighted by Crippen LogP contribution is -3.04. The Bertz CT molecular complexity index is 44.1. The van der Waals surface area contributed by atoms with E-state index in [1.807, 2.05) is 0 Å². The second kappa shape index (κ2) is 1.82. The molecule has 1 unspecified atom stereocenters. The average Bonchev–Trinajstić information content (AvgIpc) is 1.86. The molecule has 0 aliphatic carbocycles. The molecule has 3 heteroatoms. The third-order valence-corrected chi connectivity index (χ3v) is 1.81. The van der Waals surface area contributed by atoms with Crippen molar-refractivity contribution in [2.45, 2.75) is 0 Å². The first kappa shape index (κ1) is 4.43. The number of quaternary nitrogens is 1. The van der Waals surface area contributed by atoms with Crippen molar-refractivity contribution in [2.75, 3.05) is 18.2 Å². The van der Waals surface area contributed by atoms with Gasteiger partial charge >= 0.3 is 0 Å². The van der Waals surface area contributed by atoms with E-state index in [2.05, 4.69) is 0 Å². The molecule has 0 bridgehead atoms. The zero-order valence-electron chi connectivity index (χ0n) is 3.44. The predicted octanol–water partition coefficient (Wildman–Crippen LogP) is -0.927. The molecule has 0 amide bonds. The summed E-state index contributed by atoms with van der Waals surface area (Å²) in [5, 5.41) is 10.6. The van der Waals surface area contributed by atoms with Gasteiger partial charge in [-0.1, -0.05) is 11.8 Å². The average molecular weight is 105 g/mol. The van der Waals surface area contributed by atoms with Crippen LogP contribution in [0.1, 0.15) is 0 Å². The standard InChI is InChI=1S/C3H7NOS/c5-4-1-2-6-3-4/h4H,1-3H2. The van der Waals surface area contributed by atoms with Gasteiger partial charge < -0.3 is 10.3 Å². The van der Waals surface area contributed by atoms with Crippen LogP contribution in [0.15, 0.2) is 0 Å². The number of nitrogens with one attached hydrogen (secondary N) is 1. The molecule has 0 aromatic heterocycles. The second-order valence-electron chi connectivity index (χ2n) is 1.34. The van der Waals surface area contributed by atoms with E-state index < -0.39 is 0 Å². The van der Waals surface area contributed by atoms with Crippen LogP contribution in [-0.2, 0) is 0 Å². The largest absolute Gasteiger partial charge is 0.634 e. The zero-order chi connectivity index (χ0) is 4.41. The summed E-state index contributed by atoms with van der Waals surface area (Å²) in [6.07, 6.45) is 0. The maximum absolute atomic E-state index is 10.2. The maximum atomic E-state index is 10.2. The summed E-state index contributed by atoms with van der Waals surface area (Å²) in [5.41, 5.74) is 0. The van der Waals surface area contributed by atoms with Crippen molar-refractivity contribution in [3.8, 4) is 0 Å². The van der Waals surface area contributed by atoms with E-state index in [-0.39, 0.29) is 0 Å². The molecule has 0 radical (unpaired) electrons. The Morgan fingerprint density at radius 1 is 1.67 bits per heavy atom. The number of thioether (sulfide) groups is 1. The number of hydroxylamine groups is 2. The molecular formula is C3H7NOS. The minimum atomic E-state index is 0.417. The highest BCUT2D eigenvalue weighted by Gasteiger charge is 2.04. The Labute approximate surface area is 41.1 Å². The van der Waals surface area contributed by atoms with Crippen LogP contribution in [0.3, 0.4) is 0 Å². The van der Waals surface area contributed by atoms with Crippen LogP contribution in [0.25, 0.3) is 0 Å². The minimum absolute atomic E-state index is 0.417. The minimum Gasteiger partial charge on any atom is -0.634 e. The third kappa shape index (κ3) is 0.864. The first-order chi connectivity index (χ1) is 2.89. The SMILES string of the molecule is [O-][NH+]1CCSC1. The molecule has 36 valence electrons. The zero-order valence-corrected chi connectivity index (χ0v) is 4.25. The van der Waals surface area contributed by atoms with Gasteiger partial charge in [0, 0.05) is 5.75 Å². The quantitative estimate of drug-likeness (QED) is 0.403. The van der Waals surface area contributed by atoms with Crippen LogP contribution in [0.4, 0.5) is 0 Å². The fourth-order valence-electron chi connectivity index (χ4n) is 0.444. The fourth-order valence-corrected chi connectivity index (χ4v) is 1.33. The highest BCUT2D eigenvalue weighted by Crippen LogP contribution is 1.95. The van der Waals surface area contributed by atoms with Crippen molar-refractivity contribution in [3.63, 3.8) is 0 Å². The summed E-state index contributed by atoms with van der Waals surface area (Å²) in [7, 11) is 0. The van der Waals surface area contributed by atoms with E-state index in [0.717, 1.165) is 18.2 Å². The molecule has 6 heavy (non-hydrogen) atoms. The van der Waals surface area contributed by atoms with Crippen molar-refractivity contribution in [1.29, 1.82) is 0 Å². The summed E-state index contributed by atoms with van der Waals surface area (Å²) < 4.78 is 0. The highest BCUT2D eigenvalue weighted by molar-refractivity contribution is 7.99. The Balaban J connectivity index is 2.18. The number of hydrogen-bond donors (Lipinski definition) is 1. The molecular weight excluding hydrogens is 98.1 g/mol.